The minimum atomic E-state index is 0. The van der Waals surface area contributed by atoms with Crippen molar-refractivity contribution in [3.05, 3.63) is 24.0 Å². The summed E-state index contributed by atoms with van der Waals surface area (Å²) in [5.41, 5.74) is 1.26. The largest absolute Gasteiger partial charge is 0.374 e. The molecule has 1 aromatic heterocycles. The van der Waals surface area contributed by atoms with Crippen LogP contribution < -0.4 is 5.32 Å². The van der Waals surface area contributed by atoms with Crippen LogP contribution in [-0.2, 0) is 18.3 Å². The molecule has 1 unspecified atom stereocenters. The first-order chi connectivity index (χ1) is 11.5. The molecule has 2 heterocycles. The normalized spacial score (nSPS) is 19.0. The summed E-state index contributed by atoms with van der Waals surface area (Å²) >= 11 is 0. The van der Waals surface area contributed by atoms with Crippen molar-refractivity contribution in [1.29, 1.82) is 0 Å². The molecule has 2 rings (SSSR count). The molecule has 7 heteroatoms. The Bertz CT molecular complexity index is 531. The number of morpholine rings is 1. The molecule has 0 aromatic carbocycles. The van der Waals surface area contributed by atoms with Crippen LogP contribution in [0, 0.1) is 5.92 Å². The fourth-order valence-electron chi connectivity index (χ4n) is 3.15. The average Bonchev–Trinajstić information content (AvgIpc) is 2.93. The van der Waals surface area contributed by atoms with Crippen LogP contribution in [-0.4, -0.2) is 73.3 Å². The number of hydrogen-bond acceptors (Lipinski definition) is 3. The highest BCUT2D eigenvalue weighted by Gasteiger charge is 2.21. The van der Waals surface area contributed by atoms with Gasteiger partial charge in [-0.15, -0.1) is 24.0 Å². The van der Waals surface area contributed by atoms with E-state index in [0.29, 0.717) is 5.92 Å². The summed E-state index contributed by atoms with van der Waals surface area (Å²) in [6.45, 7) is 10.1. The second-order valence-corrected chi connectivity index (χ2v) is 7.04. The molecular weight excluding hydrogens is 429 g/mol. The number of aliphatic imine (C=N–C) groups is 1. The summed E-state index contributed by atoms with van der Waals surface area (Å²) in [5, 5.41) is 3.46. The lowest BCUT2D eigenvalue weighted by atomic mass is 10.2. The van der Waals surface area contributed by atoms with Gasteiger partial charge in [0.25, 0.3) is 0 Å². The first-order valence-electron chi connectivity index (χ1n) is 8.85. The number of nitrogens with one attached hydrogen (secondary N) is 1. The van der Waals surface area contributed by atoms with Gasteiger partial charge in [0.05, 0.1) is 19.3 Å². The highest BCUT2D eigenvalue weighted by molar-refractivity contribution is 14.0. The highest BCUT2D eigenvalue weighted by Crippen LogP contribution is 2.08. The average molecular weight is 463 g/mol. The molecule has 6 nitrogen and oxygen atoms in total. The number of hydrogen-bond donors (Lipinski definition) is 1. The van der Waals surface area contributed by atoms with Gasteiger partial charge in [0, 0.05) is 59.2 Å². The van der Waals surface area contributed by atoms with Crippen LogP contribution in [0.4, 0.5) is 0 Å². The number of aryl methyl sites for hydroxylation is 1. The number of rotatable bonds is 6. The summed E-state index contributed by atoms with van der Waals surface area (Å²) in [6, 6.07) is 4.20. The van der Waals surface area contributed by atoms with Gasteiger partial charge in [0.1, 0.15) is 0 Å². The molecular formula is C18H34IN5O. The Kier molecular flexibility index (Phi) is 9.81. The van der Waals surface area contributed by atoms with Gasteiger partial charge in [-0.2, -0.15) is 0 Å². The number of halogens is 1. The Labute approximate surface area is 169 Å². The van der Waals surface area contributed by atoms with Crippen LogP contribution in [0.2, 0.25) is 0 Å². The molecule has 0 amide bonds. The maximum absolute atomic E-state index is 5.91. The van der Waals surface area contributed by atoms with E-state index < -0.39 is 0 Å². The van der Waals surface area contributed by atoms with Gasteiger partial charge >= 0.3 is 0 Å². The topological polar surface area (TPSA) is 45.0 Å². The van der Waals surface area contributed by atoms with Gasteiger partial charge in [0.2, 0.25) is 0 Å². The predicted molar refractivity (Wildman–Crippen MR) is 115 cm³/mol. The molecule has 1 saturated heterocycles. The van der Waals surface area contributed by atoms with E-state index in [0.717, 1.165) is 45.3 Å². The number of guanidine groups is 1. The lowest BCUT2D eigenvalue weighted by Crippen LogP contribution is -2.50. The number of aromatic nitrogens is 1. The molecule has 1 aromatic rings. The fraction of sp³-hybridized carbons (Fsp3) is 0.722. The zero-order valence-electron chi connectivity index (χ0n) is 16.2. The standard InChI is InChI=1S/C18H33N5O.HI/c1-15(2)12-23-9-10-24-17(14-23)11-20-18(19-3)22(5)13-16-7-6-8-21(16)4;/h6-8,15,17H,9-14H2,1-5H3,(H,19,20);1H. The van der Waals surface area contributed by atoms with E-state index in [4.69, 9.17) is 4.74 Å². The first-order valence-corrected chi connectivity index (χ1v) is 8.85. The Balaban J connectivity index is 0.00000312. The first kappa shape index (κ1) is 22.2. The maximum Gasteiger partial charge on any atom is 0.193 e. The Morgan fingerprint density at radius 2 is 2.24 bits per heavy atom. The molecule has 0 spiro atoms. The van der Waals surface area contributed by atoms with Crippen LogP contribution in [0.1, 0.15) is 19.5 Å². The minimum absolute atomic E-state index is 0. The van der Waals surface area contributed by atoms with Gasteiger partial charge in [-0.1, -0.05) is 13.8 Å². The third-order valence-corrected chi connectivity index (χ3v) is 4.36. The SMILES string of the molecule is CN=C(NCC1CN(CC(C)C)CCO1)N(C)Cc1cccn1C.I. The predicted octanol–water partition coefficient (Wildman–Crippen LogP) is 2.01. The van der Waals surface area contributed by atoms with Crippen molar-refractivity contribution in [2.45, 2.75) is 26.5 Å². The van der Waals surface area contributed by atoms with Gasteiger partial charge in [-0.05, 0) is 18.1 Å². The molecule has 25 heavy (non-hydrogen) atoms. The molecule has 0 saturated carbocycles. The van der Waals surface area contributed by atoms with E-state index in [-0.39, 0.29) is 30.1 Å². The quantitative estimate of drug-likeness (QED) is 0.399. The molecule has 0 radical (unpaired) electrons. The zero-order valence-corrected chi connectivity index (χ0v) is 18.6. The lowest BCUT2D eigenvalue weighted by Gasteiger charge is -2.34. The second kappa shape index (κ2) is 11.0. The molecule has 1 atom stereocenters. The van der Waals surface area contributed by atoms with Gasteiger partial charge in [-0.3, -0.25) is 9.89 Å². The second-order valence-electron chi connectivity index (χ2n) is 7.04. The summed E-state index contributed by atoms with van der Waals surface area (Å²) in [6.07, 6.45) is 2.29. The summed E-state index contributed by atoms with van der Waals surface area (Å²) in [4.78, 5) is 9.04. The molecule has 0 bridgehead atoms. The molecule has 144 valence electrons. The lowest BCUT2D eigenvalue weighted by molar-refractivity contribution is -0.0286. The molecule has 0 aliphatic carbocycles. The zero-order chi connectivity index (χ0) is 17.5. The molecule has 1 aliphatic rings. The molecule has 1 N–H and O–H groups in total. The Morgan fingerprint density at radius 3 is 2.84 bits per heavy atom. The molecule has 1 aliphatic heterocycles. The van der Waals surface area contributed by atoms with Gasteiger partial charge in [0.15, 0.2) is 5.96 Å². The molecule has 1 fully saturated rings. The number of ether oxygens (including phenoxy) is 1. The van der Waals surface area contributed by atoms with Crippen LogP contribution in [0.5, 0.6) is 0 Å². The van der Waals surface area contributed by atoms with E-state index in [2.05, 4.69) is 70.9 Å². The van der Waals surface area contributed by atoms with Crippen LogP contribution in [0.3, 0.4) is 0 Å². The maximum atomic E-state index is 5.91. The van der Waals surface area contributed by atoms with Crippen LogP contribution >= 0.6 is 24.0 Å². The van der Waals surface area contributed by atoms with E-state index in [1.54, 1.807) is 0 Å². The third kappa shape index (κ3) is 7.15. The van der Waals surface area contributed by atoms with Crippen LogP contribution in [0.15, 0.2) is 23.3 Å². The third-order valence-electron chi connectivity index (χ3n) is 4.36. The van der Waals surface area contributed by atoms with Gasteiger partial charge in [-0.25, -0.2) is 0 Å². The number of nitrogens with zero attached hydrogens (tertiary/aromatic N) is 4. The van der Waals surface area contributed by atoms with E-state index in [1.165, 1.54) is 5.69 Å². The smallest absolute Gasteiger partial charge is 0.193 e. The Hall–Kier alpha value is -0.800. The van der Waals surface area contributed by atoms with Crippen molar-refractivity contribution in [2.75, 3.05) is 46.9 Å². The summed E-state index contributed by atoms with van der Waals surface area (Å²) < 4.78 is 8.04. The summed E-state index contributed by atoms with van der Waals surface area (Å²) in [5.74, 6) is 1.60. The van der Waals surface area contributed by atoms with E-state index in [9.17, 15) is 0 Å². The van der Waals surface area contributed by atoms with Crippen molar-refractivity contribution in [2.24, 2.45) is 18.0 Å². The Morgan fingerprint density at radius 1 is 1.48 bits per heavy atom. The van der Waals surface area contributed by atoms with Crippen molar-refractivity contribution in [1.82, 2.24) is 19.7 Å². The van der Waals surface area contributed by atoms with E-state index in [1.807, 2.05) is 7.05 Å². The van der Waals surface area contributed by atoms with Crippen LogP contribution in [0.25, 0.3) is 0 Å². The minimum Gasteiger partial charge on any atom is -0.374 e. The van der Waals surface area contributed by atoms with Crippen molar-refractivity contribution in [3.8, 4) is 0 Å². The fourth-order valence-corrected chi connectivity index (χ4v) is 3.15. The monoisotopic (exact) mass is 463 g/mol. The van der Waals surface area contributed by atoms with Crippen molar-refractivity contribution in [3.63, 3.8) is 0 Å². The van der Waals surface area contributed by atoms with E-state index >= 15 is 0 Å². The van der Waals surface area contributed by atoms with Crippen molar-refractivity contribution >= 4 is 29.9 Å². The summed E-state index contributed by atoms with van der Waals surface area (Å²) in [7, 11) is 5.96. The highest BCUT2D eigenvalue weighted by atomic mass is 127. The van der Waals surface area contributed by atoms with Crippen molar-refractivity contribution < 1.29 is 4.74 Å². The van der Waals surface area contributed by atoms with Gasteiger partial charge < -0.3 is 19.5 Å².